The molecule has 0 aliphatic heterocycles. The number of aliphatic hydroxyl groups is 1. The Labute approximate surface area is 144 Å². The van der Waals surface area contributed by atoms with Gasteiger partial charge >= 0.3 is 6.09 Å². The van der Waals surface area contributed by atoms with Crippen LogP contribution in [-0.4, -0.2) is 50.2 Å². The third-order valence-electron chi connectivity index (χ3n) is 3.00. The normalized spacial score (nSPS) is 11.5. The first kappa shape index (κ1) is 21.5. The highest BCUT2D eigenvalue weighted by atomic mass is 35.5. The number of ether oxygens (including phenoxy) is 2. The number of methoxy groups -OCH3 is 1. The number of carbonyl (C=O) groups excluding carboxylic acids is 1. The summed E-state index contributed by atoms with van der Waals surface area (Å²) in [4.78, 5) is 10.9. The average molecular weight is 347 g/mol. The van der Waals surface area contributed by atoms with Crippen molar-refractivity contribution < 1.29 is 19.4 Å². The number of carbonyl (C=O) groups is 1. The van der Waals surface area contributed by atoms with Crippen LogP contribution in [0.15, 0.2) is 24.3 Å². The number of hydrogen-bond acceptors (Lipinski definition) is 5. The van der Waals surface area contributed by atoms with Gasteiger partial charge in [0.05, 0.1) is 7.11 Å². The number of rotatable bonds is 9. The molecule has 0 spiro atoms. The zero-order valence-corrected chi connectivity index (χ0v) is 14.7. The molecule has 0 aliphatic rings. The highest BCUT2D eigenvalue weighted by molar-refractivity contribution is 5.85. The quantitative estimate of drug-likeness (QED) is 0.634. The first-order valence-electron chi connectivity index (χ1n) is 7.46. The number of nitrogens with one attached hydrogen (secondary N) is 2. The van der Waals surface area contributed by atoms with Gasteiger partial charge in [-0.05, 0) is 24.1 Å². The summed E-state index contributed by atoms with van der Waals surface area (Å²) in [5.41, 5.74) is 1.09. The Kier molecular flexibility index (Phi) is 11.2. The van der Waals surface area contributed by atoms with Gasteiger partial charge in [-0.25, -0.2) is 4.79 Å². The van der Waals surface area contributed by atoms with Gasteiger partial charge in [0, 0.05) is 19.1 Å². The number of hydrogen-bond donors (Lipinski definition) is 3. The number of aliphatic hydroxyl groups excluding tert-OH is 1. The summed E-state index contributed by atoms with van der Waals surface area (Å²) < 4.78 is 10.0. The zero-order chi connectivity index (χ0) is 16.4. The molecule has 1 amide bonds. The van der Waals surface area contributed by atoms with E-state index >= 15 is 0 Å². The SMILES string of the molecule is COC(=O)NCCc1ccc(OCC(O)CNC(C)C)cc1.Cl. The largest absolute Gasteiger partial charge is 0.491 e. The summed E-state index contributed by atoms with van der Waals surface area (Å²) >= 11 is 0. The van der Waals surface area contributed by atoms with E-state index in [2.05, 4.69) is 15.4 Å². The van der Waals surface area contributed by atoms with Crippen molar-refractivity contribution in [3.05, 3.63) is 29.8 Å². The first-order valence-corrected chi connectivity index (χ1v) is 7.46. The number of amides is 1. The smallest absolute Gasteiger partial charge is 0.406 e. The molecule has 0 fully saturated rings. The van der Waals surface area contributed by atoms with Crippen LogP contribution in [0.1, 0.15) is 19.4 Å². The maximum Gasteiger partial charge on any atom is 0.406 e. The van der Waals surface area contributed by atoms with Crippen LogP contribution in [0.4, 0.5) is 4.79 Å². The lowest BCUT2D eigenvalue weighted by Gasteiger charge is -2.15. The summed E-state index contributed by atoms with van der Waals surface area (Å²) in [7, 11) is 1.34. The topological polar surface area (TPSA) is 79.8 Å². The van der Waals surface area contributed by atoms with Crippen molar-refractivity contribution in [1.29, 1.82) is 0 Å². The van der Waals surface area contributed by atoms with E-state index in [-0.39, 0.29) is 19.0 Å². The highest BCUT2D eigenvalue weighted by Gasteiger charge is 2.06. The Morgan fingerprint density at radius 1 is 1.26 bits per heavy atom. The molecule has 7 heteroatoms. The second-order valence-corrected chi connectivity index (χ2v) is 5.34. The lowest BCUT2D eigenvalue weighted by Crippen LogP contribution is -2.35. The van der Waals surface area contributed by atoms with Gasteiger partial charge in [0.25, 0.3) is 0 Å². The minimum absolute atomic E-state index is 0. The molecule has 3 N–H and O–H groups in total. The molecule has 1 aromatic carbocycles. The fourth-order valence-corrected chi connectivity index (χ4v) is 1.76. The molecule has 0 aromatic heterocycles. The van der Waals surface area contributed by atoms with E-state index in [1.165, 1.54) is 7.11 Å². The van der Waals surface area contributed by atoms with Gasteiger partial charge in [-0.3, -0.25) is 0 Å². The van der Waals surface area contributed by atoms with E-state index in [9.17, 15) is 9.90 Å². The highest BCUT2D eigenvalue weighted by Crippen LogP contribution is 2.12. The molecular weight excluding hydrogens is 320 g/mol. The van der Waals surface area contributed by atoms with E-state index in [4.69, 9.17) is 4.74 Å². The Morgan fingerprint density at radius 2 is 1.91 bits per heavy atom. The van der Waals surface area contributed by atoms with Crippen molar-refractivity contribution in [2.45, 2.75) is 32.4 Å². The van der Waals surface area contributed by atoms with E-state index in [0.717, 1.165) is 12.0 Å². The van der Waals surface area contributed by atoms with Gasteiger partial charge in [-0.15, -0.1) is 12.4 Å². The molecular formula is C16H27ClN2O4. The van der Waals surface area contributed by atoms with Crippen molar-refractivity contribution in [1.82, 2.24) is 10.6 Å². The maximum absolute atomic E-state index is 10.9. The molecule has 132 valence electrons. The summed E-state index contributed by atoms with van der Waals surface area (Å²) in [6.07, 6.45) is -0.244. The maximum atomic E-state index is 10.9. The van der Waals surface area contributed by atoms with Gasteiger partial charge in [0.2, 0.25) is 0 Å². The first-order chi connectivity index (χ1) is 10.5. The van der Waals surface area contributed by atoms with Crippen LogP contribution in [0.5, 0.6) is 5.75 Å². The Balaban J connectivity index is 0.00000484. The molecule has 0 saturated carbocycles. The minimum Gasteiger partial charge on any atom is -0.491 e. The number of halogens is 1. The monoisotopic (exact) mass is 346 g/mol. The van der Waals surface area contributed by atoms with Crippen molar-refractivity contribution >= 4 is 18.5 Å². The average Bonchev–Trinajstić information content (AvgIpc) is 2.51. The van der Waals surface area contributed by atoms with Crippen LogP contribution in [-0.2, 0) is 11.2 Å². The standard InChI is InChI=1S/C16H26N2O4.ClH/c1-12(2)18-10-14(19)11-22-15-6-4-13(5-7-15)8-9-17-16(20)21-3;/h4-7,12,14,18-19H,8-11H2,1-3H3,(H,17,20);1H. The molecule has 6 nitrogen and oxygen atoms in total. The second-order valence-electron chi connectivity index (χ2n) is 5.34. The summed E-state index contributed by atoms with van der Waals surface area (Å²) in [6.45, 7) is 5.34. The van der Waals surface area contributed by atoms with Crippen LogP contribution < -0.4 is 15.4 Å². The van der Waals surface area contributed by atoms with Crippen LogP contribution in [0.2, 0.25) is 0 Å². The minimum atomic E-state index is -0.536. The molecule has 0 saturated heterocycles. The Bertz CT molecular complexity index is 440. The lowest BCUT2D eigenvalue weighted by molar-refractivity contribution is 0.104. The Morgan fingerprint density at radius 3 is 2.48 bits per heavy atom. The van der Waals surface area contributed by atoms with Crippen molar-refractivity contribution in [2.24, 2.45) is 0 Å². The fourth-order valence-electron chi connectivity index (χ4n) is 1.76. The summed E-state index contributed by atoms with van der Waals surface area (Å²) in [6, 6.07) is 7.93. The van der Waals surface area contributed by atoms with Gasteiger partial charge in [-0.1, -0.05) is 26.0 Å². The van der Waals surface area contributed by atoms with Crippen molar-refractivity contribution in [3.63, 3.8) is 0 Å². The molecule has 0 bridgehead atoms. The van der Waals surface area contributed by atoms with Crippen LogP contribution in [0.3, 0.4) is 0 Å². The van der Waals surface area contributed by atoms with E-state index in [0.29, 0.717) is 24.9 Å². The van der Waals surface area contributed by atoms with Crippen molar-refractivity contribution in [3.8, 4) is 5.75 Å². The summed E-state index contributed by atoms with van der Waals surface area (Å²) in [5, 5.41) is 15.5. The number of alkyl carbamates (subject to hydrolysis) is 1. The van der Waals surface area contributed by atoms with Gasteiger partial charge in [-0.2, -0.15) is 0 Å². The molecule has 1 unspecified atom stereocenters. The Hall–Kier alpha value is -1.50. The fraction of sp³-hybridized carbons (Fsp3) is 0.562. The molecule has 1 aromatic rings. The second kappa shape index (κ2) is 12.0. The van der Waals surface area contributed by atoms with E-state index in [1.54, 1.807) is 0 Å². The van der Waals surface area contributed by atoms with E-state index in [1.807, 2.05) is 38.1 Å². The third-order valence-corrected chi connectivity index (χ3v) is 3.00. The predicted octanol–water partition coefficient (Wildman–Crippen LogP) is 1.74. The molecule has 0 radical (unpaired) electrons. The molecule has 1 rings (SSSR count). The molecule has 1 atom stereocenters. The van der Waals surface area contributed by atoms with Crippen LogP contribution in [0, 0.1) is 0 Å². The molecule has 0 heterocycles. The van der Waals surface area contributed by atoms with Crippen LogP contribution in [0.25, 0.3) is 0 Å². The summed E-state index contributed by atoms with van der Waals surface area (Å²) in [5.74, 6) is 0.716. The molecule has 0 aliphatic carbocycles. The van der Waals surface area contributed by atoms with Crippen LogP contribution >= 0.6 is 12.4 Å². The zero-order valence-electron chi connectivity index (χ0n) is 13.9. The lowest BCUT2D eigenvalue weighted by atomic mass is 10.1. The van der Waals surface area contributed by atoms with Crippen molar-refractivity contribution in [2.75, 3.05) is 26.8 Å². The van der Waals surface area contributed by atoms with Gasteiger partial charge in [0.1, 0.15) is 18.5 Å². The molecule has 23 heavy (non-hydrogen) atoms. The number of benzene rings is 1. The third kappa shape index (κ3) is 9.99. The van der Waals surface area contributed by atoms with Gasteiger partial charge < -0.3 is 25.2 Å². The van der Waals surface area contributed by atoms with E-state index < -0.39 is 12.2 Å². The van der Waals surface area contributed by atoms with Gasteiger partial charge in [0.15, 0.2) is 0 Å². The predicted molar refractivity (Wildman–Crippen MR) is 92.4 cm³/mol.